The van der Waals surface area contributed by atoms with Crippen molar-refractivity contribution in [3.8, 4) is 11.1 Å². The maximum atomic E-state index is 16.4. The monoisotopic (exact) mass is 514 g/mol. The summed E-state index contributed by atoms with van der Waals surface area (Å²) < 4.78 is 74.3. The first-order valence-corrected chi connectivity index (χ1v) is 11.2. The Morgan fingerprint density at radius 1 is 0.919 bits per heavy atom. The van der Waals surface area contributed by atoms with Crippen LogP contribution in [0.25, 0.3) is 21.9 Å². The van der Waals surface area contributed by atoms with Gasteiger partial charge in [0.2, 0.25) is 0 Å². The summed E-state index contributed by atoms with van der Waals surface area (Å²) in [4.78, 5) is 26.3. The van der Waals surface area contributed by atoms with Gasteiger partial charge in [0.25, 0.3) is 11.5 Å². The third kappa shape index (κ3) is 3.92. The van der Waals surface area contributed by atoms with Gasteiger partial charge in [-0.25, -0.2) is 4.79 Å². The Hall–Kier alpha value is -4.21. The molecule has 1 aliphatic rings. The molecule has 5 rings (SSSR count). The number of aromatic nitrogens is 1. The molecule has 0 spiro atoms. The van der Waals surface area contributed by atoms with Crippen molar-refractivity contribution in [3.63, 3.8) is 0 Å². The molecule has 0 bridgehead atoms. The second-order valence-electron chi connectivity index (χ2n) is 8.88. The number of hydrogen-bond acceptors (Lipinski definition) is 3. The van der Waals surface area contributed by atoms with E-state index < -0.39 is 46.4 Å². The number of benzene rings is 3. The van der Waals surface area contributed by atoms with Crippen LogP contribution in [0, 0.1) is 0 Å². The highest BCUT2D eigenvalue weighted by atomic mass is 19.4. The zero-order valence-corrected chi connectivity index (χ0v) is 19.3. The summed E-state index contributed by atoms with van der Waals surface area (Å²) in [6.45, 7) is -0.222. The van der Waals surface area contributed by atoms with Gasteiger partial charge in [-0.1, -0.05) is 54.6 Å². The molecule has 1 unspecified atom stereocenters. The summed E-state index contributed by atoms with van der Waals surface area (Å²) in [5.74, 6) is -5.37. The maximum Gasteiger partial charge on any atom is 0.416 e. The number of likely N-dealkylation sites (N-methyl/N-ethyl adjacent to an activating group) is 1. The lowest BCUT2D eigenvalue weighted by Crippen LogP contribution is -2.30. The summed E-state index contributed by atoms with van der Waals surface area (Å²) in [6.07, 6.45) is -4.75. The summed E-state index contributed by atoms with van der Waals surface area (Å²) >= 11 is 0. The normalized spacial score (nSPS) is 15.7. The van der Waals surface area contributed by atoms with Crippen LogP contribution >= 0.6 is 0 Å². The topological polar surface area (TPSA) is 62.5 Å². The molecular weight excluding hydrogens is 495 g/mol. The summed E-state index contributed by atoms with van der Waals surface area (Å²) in [6, 6.07) is 13.8. The van der Waals surface area contributed by atoms with Crippen molar-refractivity contribution in [2.24, 2.45) is 0 Å². The zero-order valence-electron chi connectivity index (χ0n) is 19.3. The Kier molecular flexibility index (Phi) is 5.58. The molecule has 0 amide bonds. The first-order valence-electron chi connectivity index (χ1n) is 11.2. The number of carboxylic acid groups (broad SMARTS) is 1. The highest BCUT2D eigenvalue weighted by molar-refractivity contribution is 5.89. The fraction of sp³-hybridized carbons (Fsp3) is 0.185. The Bertz CT molecular complexity index is 1600. The van der Waals surface area contributed by atoms with Crippen LogP contribution in [-0.4, -0.2) is 29.2 Å². The van der Waals surface area contributed by atoms with Crippen LogP contribution in [0.1, 0.15) is 22.7 Å². The molecule has 10 heteroatoms. The van der Waals surface area contributed by atoms with E-state index in [1.54, 1.807) is 24.3 Å². The van der Waals surface area contributed by atoms with Gasteiger partial charge in [0.05, 0.1) is 12.1 Å². The Morgan fingerprint density at radius 3 is 2.30 bits per heavy atom. The molecule has 4 aromatic rings. The van der Waals surface area contributed by atoms with Gasteiger partial charge in [-0.3, -0.25) is 9.36 Å². The Morgan fingerprint density at radius 2 is 1.59 bits per heavy atom. The van der Waals surface area contributed by atoms with Crippen molar-refractivity contribution >= 4 is 22.6 Å². The van der Waals surface area contributed by atoms with Gasteiger partial charge in [0.1, 0.15) is 5.82 Å². The number of carbonyl (C=O) groups is 1. The second-order valence-corrected chi connectivity index (χ2v) is 8.88. The molecule has 3 aromatic carbocycles. The largest absolute Gasteiger partial charge is 0.480 e. The third-order valence-electron chi connectivity index (χ3n) is 6.58. The number of aliphatic carboxylic acids is 1. The molecule has 5 nitrogen and oxygen atoms in total. The van der Waals surface area contributed by atoms with E-state index in [1.165, 1.54) is 36.2 Å². The van der Waals surface area contributed by atoms with Gasteiger partial charge in [-0.05, 0) is 28.5 Å². The smallest absolute Gasteiger partial charge is 0.416 e. The first kappa shape index (κ1) is 24.5. The van der Waals surface area contributed by atoms with Gasteiger partial charge in [-0.2, -0.15) is 22.0 Å². The van der Waals surface area contributed by atoms with Crippen LogP contribution < -0.4 is 10.5 Å². The van der Waals surface area contributed by atoms with Crippen LogP contribution in [0.5, 0.6) is 0 Å². The zero-order chi connectivity index (χ0) is 26.7. The van der Waals surface area contributed by atoms with E-state index in [9.17, 15) is 27.9 Å². The number of carboxylic acids is 1. The molecule has 1 atom stereocenters. The number of pyridine rings is 1. The van der Waals surface area contributed by atoms with Crippen molar-refractivity contribution in [2.45, 2.75) is 18.1 Å². The number of alkyl halides is 5. The highest BCUT2D eigenvalue weighted by Crippen LogP contribution is 2.48. The number of halogens is 5. The van der Waals surface area contributed by atoms with E-state index in [1.807, 2.05) is 0 Å². The van der Waals surface area contributed by atoms with Gasteiger partial charge in [0, 0.05) is 29.8 Å². The summed E-state index contributed by atoms with van der Waals surface area (Å²) in [5, 5.41) is 10.4. The van der Waals surface area contributed by atoms with E-state index in [0.717, 1.165) is 22.8 Å². The standard InChI is InChI=1S/C27H19F5N2O3/c1-33-14-21(25(36)37)34-22(35)13-20(23(24(33)34)16-8-4-9-17(12-16)27(30,31)32)26(28,29)19-11-5-7-15-6-2-3-10-18(15)19/h2-13,21H,14H2,1H3,(H,36,37). The fourth-order valence-electron chi connectivity index (χ4n) is 4.93. The van der Waals surface area contributed by atoms with Crippen molar-refractivity contribution in [1.82, 2.24) is 4.57 Å². The predicted octanol–water partition coefficient (Wildman–Crippen LogP) is 5.90. The van der Waals surface area contributed by atoms with Crippen molar-refractivity contribution in [3.05, 3.63) is 99.8 Å². The minimum atomic E-state index is -4.75. The number of hydrogen-bond donors (Lipinski definition) is 1. The second kappa shape index (κ2) is 8.43. The summed E-state index contributed by atoms with van der Waals surface area (Å²) in [7, 11) is 1.41. The first-order chi connectivity index (χ1) is 17.4. The quantitative estimate of drug-likeness (QED) is 0.345. The van der Waals surface area contributed by atoms with Crippen molar-refractivity contribution < 1.29 is 31.9 Å². The minimum Gasteiger partial charge on any atom is -0.480 e. The molecule has 0 saturated carbocycles. The van der Waals surface area contributed by atoms with Crippen molar-refractivity contribution in [1.29, 1.82) is 0 Å². The molecule has 1 aromatic heterocycles. The van der Waals surface area contributed by atoms with E-state index in [0.29, 0.717) is 11.5 Å². The van der Waals surface area contributed by atoms with E-state index in [2.05, 4.69) is 0 Å². The molecule has 0 saturated heterocycles. The molecule has 37 heavy (non-hydrogen) atoms. The van der Waals surface area contributed by atoms with Gasteiger partial charge >= 0.3 is 12.1 Å². The van der Waals surface area contributed by atoms with Crippen LogP contribution in [-0.2, 0) is 16.9 Å². The molecule has 1 N–H and O–H groups in total. The van der Waals surface area contributed by atoms with Crippen LogP contribution in [0.15, 0.2) is 77.6 Å². The molecular formula is C27H19F5N2O3. The maximum absolute atomic E-state index is 16.4. The molecule has 0 radical (unpaired) electrons. The fourth-order valence-corrected chi connectivity index (χ4v) is 4.93. The average molecular weight is 514 g/mol. The average Bonchev–Trinajstić information content (AvgIpc) is 3.21. The van der Waals surface area contributed by atoms with Crippen LogP contribution in [0.4, 0.5) is 27.8 Å². The number of rotatable bonds is 4. The lowest BCUT2D eigenvalue weighted by Gasteiger charge is -2.26. The number of nitrogens with zero attached hydrogens (tertiary/aromatic N) is 2. The SMILES string of the molecule is CN1CC(C(=O)O)n2c1c(-c1cccc(C(F)(F)F)c1)c(C(F)(F)c1cccc3ccccc13)cc2=O. The van der Waals surface area contributed by atoms with E-state index in [-0.39, 0.29) is 28.9 Å². The number of fused-ring (bicyclic) bond motifs is 2. The molecule has 2 heterocycles. The van der Waals surface area contributed by atoms with E-state index in [4.69, 9.17) is 0 Å². The van der Waals surface area contributed by atoms with Gasteiger partial charge in [-0.15, -0.1) is 0 Å². The molecule has 1 aliphatic heterocycles. The number of anilines is 1. The Balaban J connectivity index is 1.88. The van der Waals surface area contributed by atoms with Gasteiger partial charge < -0.3 is 10.0 Å². The molecule has 190 valence electrons. The molecule has 0 fully saturated rings. The van der Waals surface area contributed by atoms with Crippen LogP contribution in [0.2, 0.25) is 0 Å². The predicted molar refractivity (Wildman–Crippen MR) is 128 cm³/mol. The molecule has 0 aliphatic carbocycles. The van der Waals surface area contributed by atoms with E-state index >= 15 is 8.78 Å². The van der Waals surface area contributed by atoms with Gasteiger partial charge in [0.15, 0.2) is 6.04 Å². The van der Waals surface area contributed by atoms with Crippen molar-refractivity contribution in [2.75, 3.05) is 18.5 Å². The lowest BCUT2D eigenvalue weighted by atomic mass is 9.89. The third-order valence-corrected chi connectivity index (χ3v) is 6.58. The van der Waals surface area contributed by atoms with Crippen LogP contribution in [0.3, 0.4) is 0 Å². The highest BCUT2D eigenvalue weighted by Gasteiger charge is 2.44. The lowest BCUT2D eigenvalue weighted by molar-refractivity contribution is -0.140. The Labute approximate surface area is 207 Å². The summed E-state index contributed by atoms with van der Waals surface area (Å²) in [5.41, 5.74) is -3.85. The minimum absolute atomic E-state index is 0.186.